The number of carbonyl (C=O) groups excluding carboxylic acids is 1. The van der Waals surface area contributed by atoms with E-state index < -0.39 is 0 Å². The molecule has 4 nitrogen and oxygen atoms in total. The molecule has 24 heavy (non-hydrogen) atoms. The van der Waals surface area contributed by atoms with Crippen LogP contribution in [0.3, 0.4) is 0 Å². The fourth-order valence-electron chi connectivity index (χ4n) is 3.44. The molecule has 3 rings (SSSR count). The Morgan fingerprint density at radius 3 is 2.92 bits per heavy atom. The quantitative estimate of drug-likeness (QED) is 0.887. The summed E-state index contributed by atoms with van der Waals surface area (Å²) in [7, 11) is 0. The summed E-state index contributed by atoms with van der Waals surface area (Å²) in [6.07, 6.45) is 7.18. The topological polar surface area (TPSA) is 46.9 Å². The van der Waals surface area contributed by atoms with Crippen molar-refractivity contribution in [3.05, 3.63) is 53.3 Å². The average molecular weight is 325 g/mol. The molecular weight excluding hydrogens is 298 g/mol. The number of rotatable bonds is 6. The first-order chi connectivity index (χ1) is 11.6. The summed E-state index contributed by atoms with van der Waals surface area (Å²) in [5.41, 5.74) is 3.75. The van der Waals surface area contributed by atoms with E-state index in [-0.39, 0.29) is 11.9 Å². The molecule has 1 heterocycles. The minimum Gasteiger partial charge on any atom is -0.351 e. The molecule has 0 saturated heterocycles. The third kappa shape index (κ3) is 4.25. The lowest BCUT2D eigenvalue weighted by Crippen LogP contribution is -2.38. The first-order valence-electron chi connectivity index (χ1n) is 9.02. The van der Waals surface area contributed by atoms with Gasteiger partial charge in [0.1, 0.15) is 6.54 Å². The second-order valence-corrected chi connectivity index (χ2v) is 7.01. The van der Waals surface area contributed by atoms with Crippen LogP contribution < -0.4 is 5.32 Å². The molecule has 0 bridgehead atoms. The van der Waals surface area contributed by atoms with E-state index in [2.05, 4.69) is 42.6 Å². The van der Waals surface area contributed by atoms with Gasteiger partial charge in [-0.15, -0.1) is 0 Å². The van der Waals surface area contributed by atoms with Crippen molar-refractivity contribution in [3.63, 3.8) is 0 Å². The van der Waals surface area contributed by atoms with Gasteiger partial charge >= 0.3 is 0 Å². The van der Waals surface area contributed by atoms with Crippen LogP contribution >= 0.6 is 0 Å². The molecule has 1 amide bonds. The molecule has 2 aromatic rings. The van der Waals surface area contributed by atoms with Crippen molar-refractivity contribution in [1.29, 1.82) is 0 Å². The van der Waals surface area contributed by atoms with Gasteiger partial charge in [-0.2, -0.15) is 5.10 Å². The Labute approximate surface area is 144 Å². The number of aromatic nitrogens is 2. The third-order valence-electron chi connectivity index (χ3n) is 4.86. The highest BCUT2D eigenvalue weighted by molar-refractivity contribution is 5.76. The molecule has 1 aliphatic carbocycles. The lowest BCUT2D eigenvalue weighted by atomic mass is 9.89. The number of nitrogens with one attached hydrogen (secondary N) is 1. The number of hydrogen-bond acceptors (Lipinski definition) is 2. The molecule has 1 aliphatic rings. The SMILES string of the molecule is CCC(Cc1ccccc1)NC(=O)Cn1cc2c(n1)CCC(C)C2. The van der Waals surface area contributed by atoms with Gasteiger partial charge in [0.25, 0.3) is 0 Å². The zero-order valence-corrected chi connectivity index (χ0v) is 14.7. The van der Waals surface area contributed by atoms with Crippen molar-refractivity contribution in [2.24, 2.45) is 5.92 Å². The maximum absolute atomic E-state index is 12.4. The summed E-state index contributed by atoms with van der Waals surface area (Å²) in [4.78, 5) is 12.4. The predicted octanol–water partition coefficient (Wildman–Crippen LogP) is 3.15. The number of aryl methyl sites for hydroxylation is 1. The Morgan fingerprint density at radius 2 is 2.17 bits per heavy atom. The Kier molecular flexibility index (Phi) is 5.34. The van der Waals surface area contributed by atoms with Crippen LogP contribution in [0.2, 0.25) is 0 Å². The number of hydrogen-bond donors (Lipinski definition) is 1. The van der Waals surface area contributed by atoms with Crippen molar-refractivity contribution in [2.45, 2.75) is 58.5 Å². The first-order valence-corrected chi connectivity index (χ1v) is 9.02. The van der Waals surface area contributed by atoms with Gasteiger partial charge in [-0.05, 0) is 49.1 Å². The van der Waals surface area contributed by atoms with Crippen LogP contribution in [0.25, 0.3) is 0 Å². The normalized spacial score (nSPS) is 18.0. The van der Waals surface area contributed by atoms with Gasteiger partial charge in [0, 0.05) is 12.2 Å². The van der Waals surface area contributed by atoms with Gasteiger partial charge in [-0.3, -0.25) is 9.48 Å². The number of carbonyl (C=O) groups is 1. The average Bonchev–Trinajstić information content (AvgIpc) is 2.96. The zero-order valence-electron chi connectivity index (χ0n) is 14.7. The van der Waals surface area contributed by atoms with Crippen molar-refractivity contribution in [3.8, 4) is 0 Å². The van der Waals surface area contributed by atoms with E-state index in [0.717, 1.165) is 31.6 Å². The molecule has 0 aliphatic heterocycles. The zero-order chi connectivity index (χ0) is 16.9. The van der Waals surface area contributed by atoms with Crippen molar-refractivity contribution >= 4 is 5.91 Å². The van der Waals surface area contributed by atoms with Crippen LogP contribution in [-0.4, -0.2) is 21.7 Å². The van der Waals surface area contributed by atoms with Gasteiger partial charge in [0.2, 0.25) is 5.91 Å². The largest absolute Gasteiger partial charge is 0.351 e. The minimum atomic E-state index is 0.0469. The molecule has 1 aromatic carbocycles. The summed E-state index contributed by atoms with van der Waals surface area (Å²) < 4.78 is 1.81. The molecule has 0 fully saturated rings. The fraction of sp³-hybridized carbons (Fsp3) is 0.500. The second-order valence-electron chi connectivity index (χ2n) is 7.01. The van der Waals surface area contributed by atoms with E-state index in [1.807, 2.05) is 22.9 Å². The summed E-state index contributed by atoms with van der Waals surface area (Å²) in [5, 5.41) is 7.75. The highest BCUT2D eigenvalue weighted by atomic mass is 16.2. The molecule has 2 atom stereocenters. The third-order valence-corrected chi connectivity index (χ3v) is 4.86. The van der Waals surface area contributed by atoms with E-state index in [1.54, 1.807) is 0 Å². The van der Waals surface area contributed by atoms with Crippen LogP contribution in [0.15, 0.2) is 36.5 Å². The maximum Gasteiger partial charge on any atom is 0.241 e. The lowest BCUT2D eigenvalue weighted by Gasteiger charge is -2.17. The monoisotopic (exact) mass is 325 g/mol. The molecule has 1 N–H and O–H groups in total. The van der Waals surface area contributed by atoms with Crippen molar-refractivity contribution in [2.75, 3.05) is 0 Å². The minimum absolute atomic E-state index is 0.0469. The predicted molar refractivity (Wildman–Crippen MR) is 95.8 cm³/mol. The number of benzene rings is 1. The van der Waals surface area contributed by atoms with Crippen LogP contribution in [-0.2, 0) is 30.6 Å². The highest BCUT2D eigenvalue weighted by Gasteiger charge is 2.19. The van der Waals surface area contributed by atoms with E-state index in [9.17, 15) is 4.79 Å². The molecule has 4 heteroatoms. The van der Waals surface area contributed by atoms with E-state index >= 15 is 0 Å². The lowest BCUT2D eigenvalue weighted by molar-refractivity contribution is -0.122. The van der Waals surface area contributed by atoms with Crippen molar-refractivity contribution < 1.29 is 4.79 Å². The molecule has 128 valence electrons. The number of fused-ring (bicyclic) bond motifs is 1. The van der Waals surface area contributed by atoms with Crippen LogP contribution in [0.5, 0.6) is 0 Å². The Morgan fingerprint density at radius 1 is 1.38 bits per heavy atom. The summed E-state index contributed by atoms with van der Waals surface area (Å²) in [5.74, 6) is 0.769. The van der Waals surface area contributed by atoms with Gasteiger partial charge in [-0.1, -0.05) is 44.2 Å². The smallest absolute Gasteiger partial charge is 0.241 e. The van der Waals surface area contributed by atoms with Gasteiger partial charge in [0.15, 0.2) is 0 Å². The van der Waals surface area contributed by atoms with E-state index in [1.165, 1.54) is 23.2 Å². The Balaban J connectivity index is 1.56. The molecule has 0 saturated carbocycles. The molecule has 0 spiro atoms. The Bertz CT molecular complexity index is 677. The van der Waals surface area contributed by atoms with E-state index in [4.69, 9.17) is 0 Å². The molecule has 1 aromatic heterocycles. The molecular formula is C20H27N3O. The maximum atomic E-state index is 12.4. The number of amides is 1. The fourth-order valence-corrected chi connectivity index (χ4v) is 3.44. The summed E-state index contributed by atoms with van der Waals surface area (Å²) in [6, 6.07) is 10.5. The second kappa shape index (κ2) is 7.65. The summed E-state index contributed by atoms with van der Waals surface area (Å²) in [6.45, 7) is 4.71. The van der Waals surface area contributed by atoms with Crippen LogP contribution in [0, 0.1) is 5.92 Å². The van der Waals surface area contributed by atoms with Crippen LogP contribution in [0.1, 0.15) is 43.5 Å². The standard InChI is InChI=1S/C20H27N3O/c1-3-18(12-16-7-5-4-6-8-16)21-20(24)14-23-13-17-11-15(2)9-10-19(17)22-23/h4-8,13,15,18H,3,9-12,14H2,1-2H3,(H,21,24). The Hall–Kier alpha value is -2.10. The molecule has 2 unspecified atom stereocenters. The van der Waals surface area contributed by atoms with Gasteiger partial charge in [0.05, 0.1) is 5.69 Å². The van der Waals surface area contributed by atoms with Gasteiger partial charge in [-0.25, -0.2) is 0 Å². The van der Waals surface area contributed by atoms with Crippen molar-refractivity contribution in [1.82, 2.24) is 15.1 Å². The number of nitrogens with zero attached hydrogens (tertiary/aromatic N) is 2. The van der Waals surface area contributed by atoms with E-state index in [0.29, 0.717) is 6.54 Å². The highest BCUT2D eigenvalue weighted by Crippen LogP contribution is 2.23. The summed E-state index contributed by atoms with van der Waals surface area (Å²) >= 11 is 0. The van der Waals surface area contributed by atoms with Gasteiger partial charge < -0.3 is 5.32 Å². The first kappa shape index (κ1) is 16.7. The van der Waals surface area contributed by atoms with Crippen LogP contribution in [0.4, 0.5) is 0 Å². The molecule has 0 radical (unpaired) electrons.